The van der Waals surface area contributed by atoms with Gasteiger partial charge in [0.05, 0.1) is 0 Å². The van der Waals surface area contributed by atoms with Crippen molar-refractivity contribution in [3.8, 4) is 0 Å². The normalized spacial score (nSPS) is 21.6. The van der Waals surface area contributed by atoms with Crippen LogP contribution in [0.2, 0.25) is 0 Å². The van der Waals surface area contributed by atoms with Crippen LogP contribution in [-0.4, -0.2) is 28.8 Å². The molecular weight excluding hydrogens is 264 g/mol. The van der Waals surface area contributed by atoms with Crippen molar-refractivity contribution < 1.29 is 9.59 Å². The molecule has 1 fully saturated rings. The van der Waals surface area contributed by atoms with Crippen molar-refractivity contribution in [2.75, 3.05) is 6.54 Å². The molecule has 0 saturated carbocycles. The lowest BCUT2D eigenvalue weighted by Gasteiger charge is -2.43. The third-order valence-electron chi connectivity index (χ3n) is 3.85. The number of carbonyl (C=O) groups is 2. The predicted octanol–water partition coefficient (Wildman–Crippen LogP) is 2.51. The van der Waals surface area contributed by atoms with Gasteiger partial charge < -0.3 is 10.2 Å². The van der Waals surface area contributed by atoms with Crippen molar-refractivity contribution in [1.82, 2.24) is 10.2 Å². The summed E-state index contributed by atoms with van der Waals surface area (Å²) < 4.78 is 0. The van der Waals surface area contributed by atoms with Gasteiger partial charge >= 0.3 is 0 Å². The number of nitrogens with zero attached hydrogens (tertiary/aromatic N) is 1. The summed E-state index contributed by atoms with van der Waals surface area (Å²) in [5.74, 6) is 0.369. The highest BCUT2D eigenvalue weighted by molar-refractivity contribution is 5.99. The molecule has 114 valence electrons. The van der Waals surface area contributed by atoms with Crippen LogP contribution in [0.25, 0.3) is 0 Å². The minimum absolute atomic E-state index is 0.0170. The van der Waals surface area contributed by atoms with Crippen LogP contribution in [0.3, 0.4) is 0 Å². The lowest BCUT2D eigenvalue weighted by atomic mass is 9.92. The van der Waals surface area contributed by atoms with E-state index < -0.39 is 11.6 Å². The molecule has 1 saturated heterocycles. The highest BCUT2D eigenvalue weighted by Gasteiger charge is 2.45. The summed E-state index contributed by atoms with van der Waals surface area (Å²) in [6.07, 6.45) is 0.887. The maximum absolute atomic E-state index is 12.7. The molecule has 1 aromatic rings. The maximum atomic E-state index is 12.7. The van der Waals surface area contributed by atoms with Gasteiger partial charge in [0.2, 0.25) is 11.8 Å². The van der Waals surface area contributed by atoms with Crippen LogP contribution in [0.4, 0.5) is 0 Å². The fourth-order valence-corrected chi connectivity index (χ4v) is 2.64. The van der Waals surface area contributed by atoms with E-state index in [0.717, 1.165) is 12.0 Å². The Morgan fingerprint density at radius 1 is 1.19 bits per heavy atom. The van der Waals surface area contributed by atoms with Crippen LogP contribution in [0, 0.1) is 5.92 Å². The molecule has 0 radical (unpaired) electrons. The van der Waals surface area contributed by atoms with E-state index in [1.165, 1.54) is 0 Å². The monoisotopic (exact) mass is 288 g/mol. The zero-order chi connectivity index (χ0) is 15.6. The van der Waals surface area contributed by atoms with E-state index >= 15 is 0 Å². The van der Waals surface area contributed by atoms with Gasteiger partial charge in [-0.1, -0.05) is 44.2 Å². The molecule has 0 aliphatic carbocycles. The standard InChI is InChI=1S/C17H24N2O2/c1-12(2)10-11-19-14(13-8-6-5-7-9-13)15(20)18-17(3,4)16(19)21/h5-9,12,14H,10-11H2,1-4H3,(H,18,20). The summed E-state index contributed by atoms with van der Waals surface area (Å²) in [5, 5.41) is 2.84. The summed E-state index contributed by atoms with van der Waals surface area (Å²) in [7, 11) is 0. The third kappa shape index (κ3) is 3.26. The summed E-state index contributed by atoms with van der Waals surface area (Å²) >= 11 is 0. The highest BCUT2D eigenvalue weighted by atomic mass is 16.2. The highest BCUT2D eigenvalue weighted by Crippen LogP contribution is 2.29. The molecule has 1 heterocycles. The van der Waals surface area contributed by atoms with Gasteiger partial charge in [0, 0.05) is 6.54 Å². The van der Waals surface area contributed by atoms with Crippen molar-refractivity contribution in [3.63, 3.8) is 0 Å². The molecular formula is C17H24N2O2. The number of carbonyl (C=O) groups excluding carboxylic acids is 2. The van der Waals surface area contributed by atoms with E-state index in [9.17, 15) is 9.59 Å². The number of nitrogens with one attached hydrogen (secondary N) is 1. The van der Waals surface area contributed by atoms with Crippen LogP contribution in [0.1, 0.15) is 45.7 Å². The maximum Gasteiger partial charge on any atom is 0.248 e. The molecule has 2 amide bonds. The second-order valence-electron chi connectivity index (χ2n) is 6.61. The predicted molar refractivity (Wildman–Crippen MR) is 82.6 cm³/mol. The van der Waals surface area contributed by atoms with Gasteiger partial charge in [-0.2, -0.15) is 0 Å². The first-order valence-corrected chi connectivity index (χ1v) is 7.51. The Bertz CT molecular complexity index is 523. The van der Waals surface area contributed by atoms with Crippen molar-refractivity contribution in [2.45, 2.75) is 45.7 Å². The number of piperazine rings is 1. The van der Waals surface area contributed by atoms with Gasteiger partial charge in [-0.3, -0.25) is 9.59 Å². The quantitative estimate of drug-likeness (QED) is 0.925. The lowest BCUT2D eigenvalue weighted by Crippen LogP contribution is -2.64. The summed E-state index contributed by atoms with van der Waals surface area (Å²) in [6, 6.07) is 8.98. The molecule has 4 nitrogen and oxygen atoms in total. The van der Waals surface area contributed by atoms with Crippen LogP contribution < -0.4 is 5.32 Å². The van der Waals surface area contributed by atoms with Crippen LogP contribution >= 0.6 is 0 Å². The first-order chi connectivity index (χ1) is 9.83. The van der Waals surface area contributed by atoms with E-state index in [1.807, 2.05) is 30.3 Å². The molecule has 1 unspecified atom stereocenters. The molecule has 1 atom stereocenters. The fourth-order valence-electron chi connectivity index (χ4n) is 2.64. The zero-order valence-electron chi connectivity index (χ0n) is 13.2. The molecule has 0 bridgehead atoms. The molecule has 1 aliphatic heterocycles. The first kappa shape index (κ1) is 15.5. The van der Waals surface area contributed by atoms with Gasteiger partial charge in [-0.05, 0) is 31.7 Å². The Labute approximate surface area is 126 Å². The number of rotatable bonds is 4. The molecule has 1 aromatic carbocycles. The van der Waals surface area contributed by atoms with E-state index in [2.05, 4.69) is 19.2 Å². The summed E-state index contributed by atoms with van der Waals surface area (Å²) in [5.41, 5.74) is 0.0295. The Hall–Kier alpha value is -1.84. The molecule has 0 spiro atoms. The lowest BCUT2D eigenvalue weighted by molar-refractivity contribution is -0.154. The number of benzene rings is 1. The SMILES string of the molecule is CC(C)CCN1C(=O)C(C)(C)NC(=O)C1c1ccccc1. The number of amides is 2. The van der Waals surface area contributed by atoms with E-state index in [-0.39, 0.29) is 11.8 Å². The second kappa shape index (κ2) is 5.88. The summed E-state index contributed by atoms with van der Waals surface area (Å²) in [6.45, 7) is 8.37. The first-order valence-electron chi connectivity index (χ1n) is 7.51. The Kier molecular flexibility index (Phi) is 4.35. The molecule has 0 aromatic heterocycles. The Balaban J connectivity index is 2.34. The van der Waals surface area contributed by atoms with E-state index in [1.54, 1.807) is 18.7 Å². The topological polar surface area (TPSA) is 49.4 Å². The smallest absolute Gasteiger partial charge is 0.248 e. The average molecular weight is 288 g/mol. The van der Waals surface area contributed by atoms with Gasteiger partial charge in [0.25, 0.3) is 0 Å². The molecule has 21 heavy (non-hydrogen) atoms. The van der Waals surface area contributed by atoms with Crippen molar-refractivity contribution in [3.05, 3.63) is 35.9 Å². The van der Waals surface area contributed by atoms with Gasteiger partial charge in [-0.25, -0.2) is 0 Å². The van der Waals surface area contributed by atoms with E-state index in [4.69, 9.17) is 0 Å². The summed E-state index contributed by atoms with van der Waals surface area (Å²) in [4.78, 5) is 26.9. The zero-order valence-corrected chi connectivity index (χ0v) is 13.2. The molecule has 2 rings (SSSR count). The minimum atomic E-state index is -0.834. The van der Waals surface area contributed by atoms with Crippen molar-refractivity contribution >= 4 is 11.8 Å². The van der Waals surface area contributed by atoms with Crippen LogP contribution in [0.5, 0.6) is 0 Å². The number of hydrogen-bond acceptors (Lipinski definition) is 2. The van der Waals surface area contributed by atoms with Crippen LogP contribution in [0.15, 0.2) is 30.3 Å². The molecule has 4 heteroatoms. The van der Waals surface area contributed by atoms with Gasteiger partial charge in [-0.15, -0.1) is 0 Å². The van der Waals surface area contributed by atoms with Crippen molar-refractivity contribution in [2.24, 2.45) is 5.92 Å². The van der Waals surface area contributed by atoms with Crippen LogP contribution in [-0.2, 0) is 9.59 Å². The van der Waals surface area contributed by atoms with E-state index in [0.29, 0.717) is 12.5 Å². The average Bonchev–Trinajstić information content (AvgIpc) is 2.41. The van der Waals surface area contributed by atoms with Gasteiger partial charge in [0.1, 0.15) is 11.6 Å². The van der Waals surface area contributed by atoms with Gasteiger partial charge in [0.15, 0.2) is 0 Å². The second-order valence-corrected chi connectivity index (χ2v) is 6.61. The fraction of sp³-hybridized carbons (Fsp3) is 0.529. The third-order valence-corrected chi connectivity index (χ3v) is 3.85. The largest absolute Gasteiger partial charge is 0.340 e. The minimum Gasteiger partial charge on any atom is -0.340 e. The van der Waals surface area contributed by atoms with Crippen molar-refractivity contribution in [1.29, 1.82) is 0 Å². The Morgan fingerprint density at radius 2 is 1.81 bits per heavy atom. The molecule has 1 N–H and O–H groups in total. The Morgan fingerprint density at radius 3 is 2.38 bits per heavy atom. The number of hydrogen-bond donors (Lipinski definition) is 1. The molecule has 1 aliphatic rings.